The van der Waals surface area contributed by atoms with E-state index < -0.39 is 10.0 Å². The van der Waals surface area contributed by atoms with Crippen LogP contribution in [-0.2, 0) is 14.8 Å². The van der Waals surface area contributed by atoms with Crippen LogP contribution in [0.5, 0.6) is 0 Å². The summed E-state index contributed by atoms with van der Waals surface area (Å²) in [5, 5.41) is 2.37. The van der Waals surface area contributed by atoms with Crippen LogP contribution in [0, 0.1) is 11.8 Å². The van der Waals surface area contributed by atoms with Crippen LogP contribution in [0.25, 0.3) is 10.8 Å². The molecule has 4 rings (SSSR count). The maximum absolute atomic E-state index is 13.3. The third-order valence-corrected chi connectivity index (χ3v) is 8.84. The number of amides is 1. The van der Waals surface area contributed by atoms with Gasteiger partial charge in [0.05, 0.1) is 4.90 Å². The van der Waals surface area contributed by atoms with Crippen LogP contribution >= 0.6 is 24.0 Å². The fourth-order valence-corrected chi connectivity index (χ4v) is 6.45. The zero-order valence-corrected chi connectivity index (χ0v) is 20.5. The Hall–Kier alpha value is -1.38. The Morgan fingerprint density at radius 2 is 1.66 bits per heavy atom. The van der Waals surface area contributed by atoms with Crippen LogP contribution in [0.4, 0.5) is 0 Å². The predicted octanol–water partition coefficient (Wildman–Crippen LogP) is 3.90. The number of sulfonamides is 1. The zero-order valence-electron chi connectivity index (χ0n) is 18.1. The van der Waals surface area contributed by atoms with E-state index in [1.54, 1.807) is 24.3 Å². The number of hydrogen-bond acceptors (Lipinski definition) is 4. The molecule has 32 heavy (non-hydrogen) atoms. The number of carbonyl (C=O) groups excluding carboxylic acids is 1. The van der Waals surface area contributed by atoms with Gasteiger partial charge in [0.2, 0.25) is 15.9 Å². The van der Waals surface area contributed by atoms with Crippen molar-refractivity contribution in [2.24, 2.45) is 17.6 Å². The molecule has 1 saturated heterocycles. The first-order valence-electron chi connectivity index (χ1n) is 11.1. The molecule has 2 aliphatic rings. The van der Waals surface area contributed by atoms with E-state index >= 15 is 0 Å². The highest BCUT2D eigenvalue weighted by Crippen LogP contribution is 2.30. The minimum Gasteiger partial charge on any atom is -0.341 e. The zero-order chi connectivity index (χ0) is 22.0. The number of carbonyl (C=O) groups is 1. The average molecular weight is 500 g/mol. The number of fused-ring (bicyclic) bond motifs is 1. The van der Waals surface area contributed by atoms with Gasteiger partial charge in [-0.2, -0.15) is 4.31 Å². The molecule has 1 aliphatic heterocycles. The molecule has 2 fully saturated rings. The monoisotopic (exact) mass is 499 g/mol. The first-order valence-corrected chi connectivity index (χ1v) is 12.9. The maximum Gasteiger partial charge on any atom is 0.243 e. The molecule has 0 radical (unpaired) electrons. The summed E-state index contributed by atoms with van der Waals surface area (Å²) >= 11 is 6.03. The van der Waals surface area contributed by atoms with Gasteiger partial charge < -0.3 is 10.6 Å². The molecule has 0 bridgehead atoms. The Bertz CT molecular complexity index is 1060. The quantitative estimate of drug-likeness (QED) is 0.690. The summed E-state index contributed by atoms with van der Waals surface area (Å²) in [6, 6.07) is 10.5. The molecule has 0 unspecified atom stereocenters. The minimum atomic E-state index is -3.62. The molecule has 1 saturated carbocycles. The largest absolute Gasteiger partial charge is 0.341 e. The van der Waals surface area contributed by atoms with Crippen LogP contribution in [-0.4, -0.2) is 56.3 Å². The fourth-order valence-electron chi connectivity index (χ4n) is 4.76. The van der Waals surface area contributed by atoms with E-state index in [0.717, 1.165) is 36.5 Å². The minimum absolute atomic E-state index is 0. The van der Waals surface area contributed by atoms with Crippen molar-refractivity contribution in [2.45, 2.75) is 37.0 Å². The Morgan fingerprint density at radius 3 is 2.38 bits per heavy atom. The van der Waals surface area contributed by atoms with Gasteiger partial charge in [0.15, 0.2) is 0 Å². The van der Waals surface area contributed by atoms with Crippen molar-refractivity contribution in [3.05, 3.63) is 41.4 Å². The molecule has 176 valence electrons. The molecule has 9 heteroatoms. The normalized spacial score (nSPS) is 22.9. The van der Waals surface area contributed by atoms with Gasteiger partial charge in [-0.25, -0.2) is 8.42 Å². The summed E-state index contributed by atoms with van der Waals surface area (Å²) in [7, 11) is -3.62. The second-order valence-electron chi connectivity index (χ2n) is 8.69. The van der Waals surface area contributed by atoms with Gasteiger partial charge in [-0.15, -0.1) is 12.4 Å². The lowest BCUT2D eigenvalue weighted by Crippen LogP contribution is -2.41. The molecule has 1 amide bonds. The van der Waals surface area contributed by atoms with Crippen molar-refractivity contribution >= 4 is 50.7 Å². The summed E-state index contributed by atoms with van der Waals surface area (Å²) in [6.45, 7) is 2.49. The number of rotatable bonds is 4. The maximum atomic E-state index is 13.3. The summed E-state index contributed by atoms with van der Waals surface area (Å²) in [6.07, 6.45) is 4.44. The third kappa shape index (κ3) is 5.39. The van der Waals surface area contributed by atoms with E-state index in [1.807, 2.05) is 17.0 Å². The second-order valence-corrected chi connectivity index (χ2v) is 11.1. The molecule has 0 spiro atoms. The van der Waals surface area contributed by atoms with E-state index in [4.69, 9.17) is 17.3 Å². The van der Waals surface area contributed by atoms with E-state index in [0.29, 0.717) is 50.1 Å². The van der Waals surface area contributed by atoms with Crippen molar-refractivity contribution in [2.75, 3.05) is 32.7 Å². The smallest absolute Gasteiger partial charge is 0.243 e. The second kappa shape index (κ2) is 10.7. The molecule has 2 N–H and O–H groups in total. The first-order chi connectivity index (χ1) is 14.9. The first kappa shape index (κ1) is 25.2. The lowest BCUT2D eigenvalue weighted by atomic mass is 9.81. The molecule has 2 aromatic rings. The average Bonchev–Trinajstić information content (AvgIpc) is 3.05. The van der Waals surface area contributed by atoms with Crippen LogP contribution in [0.15, 0.2) is 41.3 Å². The highest BCUT2D eigenvalue weighted by atomic mass is 35.5. The van der Waals surface area contributed by atoms with Crippen molar-refractivity contribution in [1.82, 2.24) is 9.21 Å². The van der Waals surface area contributed by atoms with Crippen molar-refractivity contribution < 1.29 is 13.2 Å². The van der Waals surface area contributed by atoms with Gasteiger partial charge in [-0.05, 0) is 79.6 Å². The van der Waals surface area contributed by atoms with E-state index in [2.05, 4.69) is 0 Å². The Labute approximate surface area is 201 Å². The summed E-state index contributed by atoms with van der Waals surface area (Å²) in [5.74, 6) is 0.766. The molecule has 2 aromatic carbocycles. The van der Waals surface area contributed by atoms with E-state index in [-0.39, 0.29) is 29.1 Å². The van der Waals surface area contributed by atoms with Gasteiger partial charge in [0.1, 0.15) is 0 Å². The molecule has 0 aromatic heterocycles. The van der Waals surface area contributed by atoms with Crippen molar-refractivity contribution in [3.8, 4) is 0 Å². The van der Waals surface area contributed by atoms with Crippen molar-refractivity contribution in [3.63, 3.8) is 0 Å². The number of hydrogen-bond donors (Lipinski definition) is 1. The topological polar surface area (TPSA) is 83.7 Å². The summed E-state index contributed by atoms with van der Waals surface area (Å²) in [5.41, 5.74) is 5.77. The Morgan fingerprint density at radius 1 is 0.969 bits per heavy atom. The van der Waals surface area contributed by atoms with Crippen LogP contribution in [0.2, 0.25) is 5.02 Å². The SMILES string of the molecule is Cl.NCC1CCC(C(=O)N2CCCN(S(=O)(=O)c3ccc4cc(Cl)ccc4c3)CC2)CC1. The van der Waals surface area contributed by atoms with Gasteiger partial charge >= 0.3 is 0 Å². The Kier molecular flexibility index (Phi) is 8.44. The van der Waals surface area contributed by atoms with E-state index in [9.17, 15) is 13.2 Å². The number of nitrogens with two attached hydrogens (primary N) is 1. The molecule has 6 nitrogen and oxygen atoms in total. The van der Waals surface area contributed by atoms with Gasteiger partial charge in [0, 0.05) is 37.1 Å². The molecular weight excluding hydrogens is 469 g/mol. The number of halogens is 2. The van der Waals surface area contributed by atoms with Crippen LogP contribution in [0.1, 0.15) is 32.1 Å². The van der Waals surface area contributed by atoms with E-state index in [1.165, 1.54) is 4.31 Å². The molecule has 1 aliphatic carbocycles. The standard InChI is InChI=1S/C23H30ClN3O3S.ClH/c24-21-8-6-20-15-22(9-7-19(20)14-21)31(29,30)27-11-1-10-26(12-13-27)23(28)18-4-2-17(16-25)3-5-18;/h6-9,14-15,17-18H,1-5,10-13,16,25H2;1H. The highest BCUT2D eigenvalue weighted by molar-refractivity contribution is 7.89. The van der Waals surface area contributed by atoms with Crippen LogP contribution < -0.4 is 5.73 Å². The van der Waals surface area contributed by atoms with Gasteiger partial charge in [-0.1, -0.05) is 23.7 Å². The van der Waals surface area contributed by atoms with Gasteiger partial charge in [-0.3, -0.25) is 4.79 Å². The molecule has 0 atom stereocenters. The third-order valence-electron chi connectivity index (χ3n) is 6.71. The van der Waals surface area contributed by atoms with Gasteiger partial charge in [0.25, 0.3) is 0 Å². The predicted molar refractivity (Wildman–Crippen MR) is 131 cm³/mol. The highest BCUT2D eigenvalue weighted by Gasteiger charge is 2.32. The Balaban J connectivity index is 0.00000289. The fraction of sp³-hybridized carbons (Fsp3) is 0.522. The summed E-state index contributed by atoms with van der Waals surface area (Å²) in [4.78, 5) is 15.2. The number of benzene rings is 2. The number of nitrogens with zero attached hydrogens (tertiary/aromatic N) is 2. The lowest BCUT2D eigenvalue weighted by Gasteiger charge is -2.31. The van der Waals surface area contributed by atoms with Crippen molar-refractivity contribution in [1.29, 1.82) is 0 Å². The molecule has 1 heterocycles. The van der Waals surface area contributed by atoms with Crippen LogP contribution in [0.3, 0.4) is 0 Å². The lowest BCUT2D eigenvalue weighted by molar-refractivity contribution is -0.136. The summed E-state index contributed by atoms with van der Waals surface area (Å²) < 4.78 is 28.1. The molecular formula is C23H31Cl2N3O3S.